The summed E-state index contributed by atoms with van der Waals surface area (Å²) in [6.07, 6.45) is 3.74. The van der Waals surface area contributed by atoms with Gasteiger partial charge in [-0.2, -0.15) is 5.26 Å². The quantitative estimate of drug-likeness (QED) is 0.283. The summed E-state index contributed by atoms with van der Waals surface area (Å²) in [5, 5.41) is 27.6. The summed E-state index contributed by atoms with van der Waals surface area (Å²) in [4.78, 5) is 35.2. The van der Waals surface area contributed by atoms with Crippen LogP contribution >= 0.6 is 11.8 Å². The molecule has 3 aromatic rings. The van der Waals surface area contributed by atoms with Gasteiger partial charge in [0.2, 0.25) is 5.91 Å². The molecular weight excluding hydrogens is 482 g/mol. The van der Waals surface area contributed by atoms with Crippen molar-refractivity contribution < 1.29 is 19.4 Å². The van der Waals surface area contributed by atoms with E-state index < -0.39 is 6.09 Å². The number of anilines is 2. The Morgan fingerprint density at radius 2 is 2.03 bits per heavy atom. The summed E-state index contributed by atoms with van der Waals surface area (Å²) in [5.41, 5.74) is 3.82. The fourth-order valence-electron chi connectivity index (χ4n) is 4.27. The molecule has 4 rings (SSSR count). The molecule has 0 unspecified atom stereocenters. The smallest absolute Gasteiger partial charge is 0.404 e. The molecule has 1 aromatic carbocycles. The largest absolute Gasteiger partial charge is 0.495 e. The van der Waals surface area contributed by atoms with E-state index in [1.54, 1.807) is 32.4 Å². The molecule has 1 fully saturated rings. The van der Waals surface area contributed by atoms with E-state index in [1.807, 2.05) is 12.1 Å². The number of nitriles is 1. The number of hydrogen-bond donors (Lipinski definition) is 5. The third-order valence-electron chi connectivity index (χ3n) is 6.09. The number of rotatable bonds is 8. The van der Waals surface area contributed by atoms with Crippen LogP contribution in [0.25, 0.3) is 11.0 Å². The highest BCUT2D eigenvalue weighted by Crippen LogP contribution is 2.31. The van der Waals surface area contributed by atoms with Gasteiger partial charge in [0.15, 0.2) is 5.16 Å². The van der Waals surface area contributed by atoms with E-state index in [2.05, 4.69) is 30.9 Å². The Balaban J connectivity index is 1.35. The number of aromatic amines is 1. The van der Waals surface area contributed by atoms with E-state index in [0.29, 0.717) is 38.9 Å². The second-order valence-corrected chi connectivity index (χ2v) is 9.51. The normalized spacial score (nSPS) is 17.2. The van der Waals surface area contributed by atoms with E-state index in [0.717, 1.165) is 31.4 Å². The number of hydrogen-bond acceptors (Lipinski definition) is 8. The molecule has 0 spiro atoms. The van der Waals surface area contributed by atoms with Crippen molar-refractivity contribution >= 4 is 46.2 Å². The molecule has 11 nitrogen and oxygen atoms in total. The average molecular weight is 510 g/mol. The van der Waals surface area contributed by atoms with Crippen molar-refractivity contribution in [2.24, 2.45) is 0 Å². The molecule has 2 aromatic heterocycles. The van der Waals surface area contributed by atoms with E-state index in [4.69, 9.17) is 15.1 Å². The lowest BCUT2D eigenvalue weighted by molar-refractivity contribution is -0.113. The number of ether oxygens (including phenoxy) is 1. The zero-order valence-electron chi connectivity index (χ0n) is 19.9. The number of fused-ring (bicyclic) bond motifs is 1. The first-order valence-electron chi connectivity index (χ1n) is 11.5. The van der Waals surface area contributed by atoms with Crippen LogP contribution in [-0.4, -0.2) is 57.0 Å². The molecule has 0 atom stereocenters. The Labute approximate surface area is 212 Å². The van der Waals surface area contributed by atoms with E-state index in [1.165, 1.54) is 11.8 Å². The average Bonchev–Trinajstić information content (AvgIpc) is 3.28. The number of thioether (sulfide) groups is 1. The zero-order valence-corrected chi connectivity index (χ0v) is 20.7. The van der Waals surface area contributed by atoms with E-state index in [9.17, 15) is 9.59 Å². The van der Waals surface area contributed by atoms with Crippen molar-refractivity contribution in [2.45, 2.75) is 49.8 Å². The highest BCUT2D eigenvalue weighted by molar-refractivity contribution is 7.99. The summed E-state index contributed by atoms with van der Waals surface area (Å²) in [7, 11) is 1.59. The Morgan fingerprint density at radius 1 is 1.28 bits per heavy atom. The van der Waals surface area contributed by atoms with Crippen molar-refractivity contribution in [1.29, 1.82) is 5.26 Å². The van der Waals surface area contributed by atoms with E-state index >= 15 is 0 Å². The standard InChI is InChI=1S/C24H27N7O4S/c1-13-18(10-25)26-11-19-22(13)31-23(30-19)36-12-21(32)28-16-7-8-20(35-2)17(9-16)27-14-3-5-15(6-4-14)29-24(33)34/h7-9,11,14-15,27,29H,3-6,12H2,1-2H3,(H,28,32)(H,30,31)(H,33,34)/t14-,15-. The minimum Gasteiger partial charge on any atom is -0.495 e. The van der Waals surface area contributed by atoms with Gasteiger partial charge in [0.25, 0.3) is 0 Å². The number of pyridine rings is 1. The number of methoxy groups -OCH3 is 1. The van der Waals surface area contributed by atoms with Gasteiger partial charge < -0.3 is 30.8 Å². The number of aromatic nitrogens is 3. The summed E-state index contributed by atoms with van der Waals surface area (Å²) in [5.74, 6) is 0.618. The molecule has 1 aliphatic rings. The minimum atomic E-state index is -0.990. The van der Waals surface area contributed by atoms with Crippen LogP contribution < -0.4 is 20.7 Å². The predicted molar refractivity (Wildman–Crippen MR) is 137 cm³/mol. The van der Waals surface area contributed by atoms with Crippen LogP contribution in [0.4, 0.5) is 16.2 Å². The molecule has 188 valence electrons. The van der Waals surface area contributed by atoms with Crippen LogP contribution in [0.1, 0.15) is 36.9 Å². The van der Waals surface area contributed by atoms with Crippen molar-refractivity contribution in [3.63, 3.8) is 0 Å². The highest BCUT2D eigenvalue weighted by atomic mass is 32.2. The Morgan fingerprint density at radius 3 is 2.72 bits per heavy atom. The number of aryl methyl sites for hydroxylation is 1. The summed E-state index contributed by atoms with van der Waals surface area (Å²) < 4.78 is 5.47. The fourth-order valence-corrected chi connectivity index (χ4v) is 4.95. The molecule has 5 N–H and O–H groups in total. The van der Waals surface area contributed by atoms with Crippen LogP contribution in [-0.2, 0) is 4.79 Å². The molecular formula is C24H27N7O4S. The fraction of sp³-hybridized carbons (Fsp3) is 0.375. The number of imidazole rings is 1. The maximum absolute atomic E-state index is 12.6. The van der Waals surface area contributed by atoms with Gasteiger partial charge in [0.1, 0.15) is 17.5 Å². The van der Waals surface area contributed by atoms with Gasteiger partial charge in [-0.05, 0) is 50.8 Å². The lowest BCUT2D eigenvalue weighted by Gasteiger charge is -2.30. The first-order valence-corrected chi connectivity index (χ1v) is 12.5. The summed E-state index contributed by atoms with van der Waals surface area (Å²) in [6.45, 7) is 1.80. The van der Waals surface area contributed by atoms with Crippen LogP contribution in [0.3, 0.4) is 0 Å². The lowest BCUT2D eigenvalue weighted by atomic mass is 9.91. The Hall–Kier alpha value is -3.98. The van der Waals surface area contributed by atoms with Crippen LogP contribution in [0.2, 0.25) is 0 Å². The summed E-state index contributed by atoms with van der Waals surface area (Å²) in [6, 6.07) is 7.61. The Bertz CT molecular complexity index is 1310. The monoisotopic (exact) mass is 509 g/mol. The van der Waals surface area contributed by atoms with Crippen molar-refractivity contribution in [2.75, 3.05) is 23.5 Å². The molecule has 2 amide bonds. The number of carboxylic acid groups (broad SMARTS) is 1. The number of nitrogens with one attached hydrogen (secondary N) is 4. The van der Waals surface area contributed by atoms with Crippen molar-refractivity contribution in [3.05, 3.63) is 35.7 Å². The maximum Gasteiger partial charge on any atom is 0.404 e. The molecule has 36 heavy (non-hydrogen) atoms. The highest BCUT2D eigenvalue weighted by Gasteiger charge is 2.23. The van der Waals surface area contributed by atoms with Gasteiger partial charge in [-0.15, -0.1) is 0 Å². The predicted octanol–water partition coefficient (Wildman–Crippen LogP) is 3.87. The lowest BCUT2D eigenvalue weighted by Crippen LogP contribution is -2.39. The summed E-state index contributed by atoms with van der Waals surface area (Å²) >= 11 is 1.26. The topological polar surface area (TPSA) is 165 Å². The van der Waals surface area contributed by atoms with Crippen LogP contribution in [0, 0.1) is 18.3 Å². The second-order valence-electron chi connectivity index (χ2n) is 8.54. The van der Waals surface area contributed by atoms with Gasteiger partial charge in [-0.25, -0.2) is 14.8 Å². The van der Waals surface area contributed by atoms with E-state index in [-0.39, 0.29) is 23.7 Å². The minimum absolute atomic E-state index is 0.0223. The van der Waals surface area contributed by atoms with Gasteiger partial charge >= 0.3 is 6.09 Å². The number of amides is 2. The van der Waals surface area contributed by atoms with Crippen LogP contribution in [0.5, 0.6) is 5.75 Å². The first kappa shape index (κ1) is 25.1. The first-order chi connectivity index (χ1) is 17.4. The maximum atomic E-state index is 12.6. The second kappa shape index (κ2) is 11.2. The number of nitrogens with zero attached hydrogens (tertiary/aromatic N) is 3. The van der Waals surface area contributed by atoms with Crippen LogP contribution in [0.15, 0.2) is 29.6 Å². The molecule has 12 heteroatoms. The Kier molecular flexibility index (Phi) is 7.80. The number of carbonyl (C=O) groups excluding carboxylic acids is 1. The zero-order chi connectivity index (χ0) is 25.7. The number of H-pyrrole nitrogens is 1. The SMILES string of the molecule is COc1ccc(NC(=O)CSc2nc3c(C)c(C#N)ncc3[nH]2)cc1N[C@H]1CC[C@H](NC(=O)O)CC1. The van der Waals surface area contributed by atoms with Gasteiger partial charge in [0, 0.05) is 23.3 Å². The van der Waals surface area contributed by atoms with Gasteiger partial charge in [-0.1, -0.05) is 11.8 Å². The molecule has 2 heterocycles. The number of carbonyl (C=O) groups is 2. The molecule has 0 aliphatic heterocycles. The van der Waals surface area contributed by atoms with Crippen molar-refractivity contribution in [3.8, 4) is 11.8 Å². The molecule has 1 aliphatic carbocycles. The van der Waals surface area contributed by atoms with Gasteiger partial charge in [0.05, 0.1) is 35.8 Å². The third-order valence-corrected chi connectivity index (χ3v) is 6.96. The number of benzene rings is 1. The molecule has 0 saturated heterocycles. The molecule has 0 bridgehead atoms. The molecule has 1 saturated carbocycles. The van der Waals surface area contributed by atoms with Crippen molar-refractivity contribution in [1.82, 2.24) is 20.3 Å². The third kappa shape index (κ3) is 5.98. The van der Waals surface area contributed by atoms with Gasteiger partial charge in [-0.3, -0.25) is 4.79 Å². The molecule has 0 radical (unpaired) electrons.